The van der Waals surface area contributed by atoms with Gasteiger partial charge in [0.2, 0.25) is 0 Å². The molecule has 0 bridgehead atoms. The molecule has 8 nitrogen and oxygen atoms in total. The highest BCUT2D eigenvalue weighted by atomic mass is 16.6. The van der Waals surface area contributed by atoms with Gasteiger partial charge in [-0.05, 0) is 40.5 Å². The number of hydrogen-bond donors (Lipinski definition) is 4. The average molecular weight is 407 g/mol. The minimum atomic E-state index is -1.52. The summed E-state index contributed by atoms with van der Waals surface area (Å²) in [4.78, 5) is 23.0. The van der Waals surface area contributed by atoms with Gasteiger partial charge in [-0.2, -0.15) is 0 Å². The number of rotatable bonds is 15. The van der Waals surface area contributed by atoms with Gasteiger partial charge in [-0.25, -0.2) is 9.59 Å². The molecule has 0 aliphatic heterocycles. The summed E-state index contributed by atoms with van der Waals surface area (Å²) in [6.07, 6.45) is -0.480. The Bertz CT molecular complexity index is 398. The number of unbranched alkanes of at least 4 members (excludes halogenated alkanes) is 5. The van der Waals surface area contributed by atoms with Crippen LogP contribution in [0.25, 0.3) is 0 Å². The van der Waals surface area contributed by atoms with Gasteiger partial charge in [0.15, 0.2) is 12.2 Å². The minimum Gasteiger partial charge on any atom is -0.461 e. The second-order valence-electron chi connectivity index (χ2n) is 7.69. The Morgan fingerprint density at radius 1 is 0.607 bits per heavy atom. The maximum absolute atomic E-state index is 11.5. The smallest absolute Gasteiger partial charge is 0.337 e. The molecule has 28 heavy (non-hydrogen) atoms. The number of ether oxygens (including phenoxy) is 2. The van der Waals surface area contributed by atoms with Gasteiger partial charge in [-0.15, -0.1) is 0 Å². The van der Waals surface area contributed by atoms with E-state index < -0.39 is 36.4 Å². The zero-order valence-electron chi connectivity index (χ0n) is 17.5. The molecule has 0 aromatic carbocycles. The Labute approximate surface area is 167 Å². The Hall–Kier alpha value is -1.22. The van der Waals surface area contributed by atoms with E-state index in [0.717, 1.165) is 25.7 Å². The first-order valence-electron chi connectivity index (χ1n) is 10.2. The Balaban J connectivity index is 3.76. The fraction of sp³-hybridized carbons (Fsp3) is 0.900. The molecule has 0 spiro atoms. The van der Waals surface area contributed by atoms with Gasteiger partial charge in [-0.3, -0.25) is 0 Å². The second-order valence-corrected chi connectivity index (χ2v) is 7.69. The number of hydrogen-bond acceptors (Lipinski definition) is 8. The van der Waals surface area contributed by atoms with E-state index in [0.29, 0.717) is 25.7 Å². The molecule has 0 saturated heterocycles. The molecule has 0 aliphatic carbocycles. The molecule has 0 aromatic heterocycles. The number of aliphatic hydroxyl groups is 4. The van der Waals surface area contributed by atoms with Crippen LogP contribution in [-0.2, 0) is 19.1 Å². The fourth-order valence-corrected chi connectivity index (χ4v) is 2.65. The van der Waals surface area contributed by atoms with Crippen LogP contribution < -0.4 is 0 Å². The number of carbonyl (C=O) groups is 2. The Morgan fingerprint density at radius 2 is 0.893 bits per heavy atom. The van der Waals surface area contributed by atoms with Gasteiger partial charge in [-0.1, -0.05) is 38.5 Å². The van der Waals surface area contributed by atoms with Gasteiger partial charge >= 0.3 is 11.9 Å². The van der Waals surface area contributed by atoms with Gasteiger partial charge in [0.25, 0.3) is 0 Å². The standard InChI is InChI=1S/C20H38O8/c1-13(2)27-19(25)17(23)15(21)11-9-7-5-6-8-10-12-16(22)18(24)20(26)28-14(3)4/h13-18,21-24H,5-12H2,1-4H3/t15-,16+,17+,18-. The predicted octanol–water partition coefficient (Wildman–Crippen LogP) is 1.45. The summed E-state index contributed by atoms with van der Waals surface area (Å²) in [6.45, 7) is 6.70. The van der Waals surface area contributed by atoms with Crippen LogP contribution in [0.1, 0.15) is 79.1 Å². The van der Waals surface area contributed by atoms with Crippen LogP contribution in [0.4, 0.5) is 0 Å². The lowest BCUT2D eigenvalue weighted by Gasteiger charge is -2.18. The maximum atomic E-state index is 11.5. The van der Waals surface area contributed by atoms with Crippen molar-refractivity contribution in [2.24, 2.45) is 0 Å². The van der Waals surface area contributed by atoms with Crippen LogP contribution in [0.5, 0.6) is 0 Å². The highest BCUT2D eigenvalue weighted by Gasteiger charge is 2.26. The molecule has 0 heterocycles. The molecule has 0 aromatic rings. The molecular formula is C20H38O8. The molecule has 0 saturated carbocycles. The largest absolute Gasteiger partial charge is 0.461 e. The second kappa shape index (κ2) is 14.7. The maximum Gasteiger partial charge on any atom is 0.337 e. The first kappa shape index (κ1) is 26.8. The van der Waals surface area contributed by atoms with Crippen molar-refractivity contribution in [3.63, 3.8) is 0 Å². The van der Waals surface area contributed by atoms with Crippen LogP contribution in [0.15, 0.2) is 0 Å². The molecule has 0 aliphatic rings. The lowest BCUT2D eigenvalue weighted by molar-refractivity contribution is -0.164. The number of esters is 2. The molecule has 0 radical (unpaired) electrons. The summed E-state index contributed by atoms with van der Waals surface area (Å²) < 4.78 is 9.72. The predicted molar refractivity (Wildman–Crippen MR) is 103 cm³/mol. The number of aliphatic hydroxyl groups excluding tert-OH is 4. The molecule has 0 unspecified atom stereocenters. The Morgan fingerprint density at radius 3 is 1.18 bits per heavy atom. The quantitative estimate of drug-likeness (QED) is 0.237. The molecule has 4 N–H and O–H groups in total. The topological polar surface area (TPSA) is 134 Å². The molecule has 0 rings (SSSR count). The van der Waals surface area contributed by atoms with E-state index in [4.69, 9.17) is 9.47 Å². The van der Waals surface area contributed by atoms with Crippen molar-refractivity contribution in [1.29, 1.82) is 0 Å². The summed E-state index contributed by atoms with van der Waals surface area (Å²) in [5.41, 5.74) is 0. The van der Waals surface area contributed by atoms with Crippen LogP contribution in [-0.4, -0.2) is 69.0 Å². The average Bonchev–Trinajstić information content (AvgIpc) is 2.60. The van der Waals surface area contributed by atoms with Crippen molar-refractivity contribution in [2.75, 3.05) is 0 Å². The van der Waals surface area contributed by atoms with Crippen molar-refractivity contribution in [3.8, 4) is 0 Å². The fourth-order valence-electron chi connectivity index (χ4n) is 2.65. The third kappa shape index (κ3) is 12.3. The lowest BCUT2D eigenvalue weighted by Crippen LogP contribution is -2.36. The number of carbonyl (C=O) groups excluding carboxylic acids is 2. The molecule has 8 heteroatoms. The summed E-state index contributed by atoms with van der Waals surface area (Å²) >= 11 is 0. The lowest BCUT2D eigenvalue weighted by atomic mass is 10.0. The van der Waals surface area contributed by atoms with E-state index in [2.05, 4.69) is 0 Å². The summed E-state index contributed by atoms with van der Waals surface area (Å²) in [5.74, 6) is -1.61. The van der Waals surface area contributed by atoms with Crippen molar-refractivity contribution >= 4 is 11.9 Å². The minimum absolute atomic E-state index is 0.317. The van der Waals surface area contributed by atoms with E-state index in [1.807, 2.05) is 0 Å². The summed E-state index contributed by atoms with van der Waals surface area (Å²) in [5, 5.41) is 39.0. The molecule has 4 atom stereocenters. The molecule has 0 amide bonds. The van der Waals surface area contributed by atoms with Gasteiger partial charge in [0.05, 0.1) is 24.4 Å². The third-order valence-corrected chi connectivity index (χ3v) is 4.17. The monoisotopic (exact) mass is 406 g/mol. The van der Waals surface area contributed by atoms with Crippen molar-refractivity contribution < 1.29 is 39.5 Å². The highest BCUT2D eigenvalue weighted by molar-refractivity contribution is 5.75. The first-order chi connectivity index (χ1) is 13.1. The highest BCUT2D eigenvalue weighted by Crippen LogP contribution is 2.14. The third-order valence-electron chi connectivity index (χ3n) is 4.17. The van der Waals surface area contributed by atoms with Crippen LogP contribution in [0.3, 0.4) is 0 Å². The SMILES string of the molecule is CC(C)OC(=O)[C@@H](O)[C@H](O)CCCCCCCC[C@H](O)[C@@H](O)C(=O)OC(C)C. The van der Waals surface area contributed by atoms with Crippen LogP contribution in [0.2, 0.25) is 0 Å². The molecular weight excluding hydrogens is 368 g/mol. The van der Waals surface area contributed by atoms with E-state index in [-0.39, 0.29) is 12.2 Å². The van der Waals surface area contributed by atoms with E-state index >= 15 is 0 Å². The van der Waals surface area contributed by atoms with E-state index in [9.17, 15) is 30.0 Å². The summed E-state index contributed by atoms with van der Waals surface area (Å²) in [6, 6.07) is 0. The van der Waals surface area contributed by atoms with E-state index in [1.165, 1.54) is 0 Å². The zero-order valence-corrected chi connectivity index (χ0v) is 17.5. The summed E-state index contributed by atoms with van der Waals surface area (Å²) in [7, 11) is 0. The van der Waals surface area contributed by atoms with Crippen molar-refractivity contribution in [3.05, 3.63) is 0 Å². The normalized spacial score (nSPS) is 15.9. The first-order valence-corrected chi connectivity index (χ1v) is 10.2. The van der Waals surface area contributed by atoms with Crippen molar-refractivity contribution in [2.45, 2.75) is 116 Å². The molecule has 166 valence electrons. The Kier molecular flexibility index (Phi) is 14.1. The van der Waals surface area contributed by atoms with Gasteiger partial charge < -0.3 is 29.9 Å². The van der Waals surface area contributed by atoms with Gasteiger partial charge in [0, 0.05) is 0 Å². The van der Waals surface area contributed by atoms with Crippen LogP contribution in [0, 0.1) is 0 Å². The van der Waals surface area contributed by atoms with E-state index in [1.54, 1.807) is 27.7 Å². The van der Waals surface area contributed by atoms with Gasteiger partial charge in [0.1, 0.15) is 0 Å². The zero-order chi connectivity index (χ0) is 21.7. The molecule has 0 fully saturated rings. The van der Waals surface area contributed by atoms with Crippen LogP contribution >= 0.6 is 0 Å². The van der Waals surface area contributed by atoms with Crippen molar-refractivity contribution in [1.82, 2.24) is 0 Å².